The second kappa shape index (κ2) is 9.93. The number of para-hydroxylation sites is 1. The summed E-state index contributed by atoms with van der Waals surface area (Å²) in [5.41, 5.74) is -0.0852. The molecule has 1 N–H and O–H groups in total. The molecule has 4 aromatic rings. The predicted molar refractivity (Wildman–Crippen MR) is 128 cm³/mol. The lowest BCUT2D eigenvalue weighted by Gasteiger charge is -2.18. The average molecular weight is 531 g/mol. The zero-order valence-corrected chi connectivity index (χ0v) is 19.9. The molecule has 2 aromatic heterocycles. The molecular formula is C25H17F3N2O4S2. The van der Waals surface area contributed by atoms with E-state index in [2.05, 4.69) is 12.0 Å². The van der Waals surface area contributed by atoms with Gasteiger partial charge in [-0.15, -0.1) is 11.3 Å². The van der Waals surface area contributed by atoms with Crippen molar-refractivity contribution in [1.82, 2.24) is 8.87 Å². The fraction of sp³-hybridized carbons (Fsp3) is 0.0800. The minimum Gasteiger partial charge on any atom is -0.478 e. The van der Waals surface area contributed by atoms with Gasteiger partial charge in [-0.2, -0.15) is 21.6 Å². The molecule has 184 valence electrons. The van der Waals surface area contributed by atoms with Crippen LogP contribution in [0.2, 0.25) is 0 Å². The number of halogens is 3. The lowest BCUT2D eigenvalue weighted by atomic mass is 10.1. The van der Waals surface area contributed by atoms with Gasteiger partial charge in [-0.05, 0) is 59.3 Å². The van der Waals surface area contributed by atoms with Crippen LogP contribution in [0.5, 0.6) is 0 Å². The zero-order chi connectivity index (χ0) is 25.9. The van der Waals surface area contributed by atoms with E-state index in [0.717, 1.165) is 27.8 Å². The van der Waals surface area contributed by atoms with Gasteiger partial charge in [0.1, 0.15) is 4.21 Å². The summed E-state index contributed by atoms with van der Waals surface area (Å²) in [6.07, 6.45) is -1.25. The number of nitrogens with zero attached hydrogens (tertiary/aromatic N) is 2. The Morgan fingerprint density at radius 1 is 1.00 bits per heavy atom. The Morgan fingerprint density at radius 3 is 2.28 bits per heavy atom. The highest BCUT2D eigenvalue weighted by Crippen LogP contribution is 2.30. The number of benzene rings is 2. The van der Waals surface area contributed by atoms with E-state index in [9.17, 15) is 31.5 Å². The number of hydrogen-bond acceptors (Lipinski definition) is 4. The first kappa shape index (κ1) is 25.1. The van der Waals surface area contributed by atoms with Crippen molar-refractivity contribution < 1.29 is 31.5 Å². The highest BCUT2D eigenvalue weighted by Gasteiger charge is 2.30. The van der Waals surface area contributed by atoms with Crippen molar-refractivity contribution in [2.45, 2.75) is 16.9 Å². The van der Waals surface area contributed by atoms with Crippen LogP contribution in [0.25, 0.3) is 5.69 Å². The first-order valence-electron chi connectivity index (χ1n) is 10.3. The molecule has 0 atom stereocenters. The van der Waals surface area contributed by atoms with Crippen LogP contribution in [-0.2, 0) is 22.7 Å². The third-order valence-electron chi connectivity index (χ3n) is 5.09. The molecule has 0 fully saturated rings. The number of aromatic carboxylic acids is 1. The number of rotatable bonds is 6. The number of aromatic nitrogens is 1. The molecule has 0 aliphatic rings. The Kier molecular flexibility index (Phi) is 6.92. The summed E-state index contributed by atoms with van der Waals surface area (Å²) in [6, 6.07) is 17.6. The Hall–Kier alpha value is -4.01. The molecule has 4 rings (SSSR count). The lowest BCUT2D eigenvalue weighted by molar-refractivity contribution is -0.137. The Bertz CT molecular complexity index is 1530. The van der Waals surface area contributed by atoms with Gasteiger partial charge >= 0.3 is 12.1 Å². The Morgan fingerprint density at radius 2 is 1.69 bits per heavy atom. The van der Waals surface area contributed by atoms with Crippen LogP contribution in [0.3, 0.4) is 0 Å². The van der Waals surface area contributed by atoms with Gasteiger partial charge in [-0.1, -0.05) is 24.3 Å². The van der Waals surface area contributed by atoms with E-state index in [1.807, 2.05) is 0 Å². The standard InChI is InChI=1S/C25H17F3N2O4S2/c26-25(27,28)20-10-8-18(9-11-20)17-30(36(33,34)22-7-4-16-35-22)15-12-19-5-3-6-21(24(31)32)23(19)29-13-1-2-14-29/h1-11,13-14,16H,17H2,(H,31,32). The number of hydrogen-bond donors (Lipinski definition) is 1. The molecule has 0 radical (unpaired) electrons. The maximum absolute atomic E-state index is 13.3. The smallest absolute Gasteiger partial charge is 0.416 e. The van der Waals surface area contributed by atoms with Gasteiger partial charge in [0.2, 0.25) is 0 Å². The van der Waals surface area contributed by atoms with Crippen molar-refractivity contribution in [3.8, 4) is 17.7 Å². The topological polar surface area (TPSA) is 79.6 Å². The van der Waals surface area contributed by atoms with E-state index in [-0.39, 0.29) is 27.6 Å². The lowest BCUT2D eigenvalue weighted by Crippen LogP contribution is -2.25. The number of alkyl halides is 3. The molecule has 0 unspecified atom stereocenters. The SMILES string of the molecule is O=C(O)c1cccc(C#CN(Cc2ccc(C(F)(F)F)cc2)S(=O)(=O)c2cccs2)c1-n1cccc1. The van der Waals surface area contributed by atoms with Gasteiger partial charge < -0.3 is 9.67 Å². The fourth-order valence-electron chi connectivity index (χ4n) is 3.37. The summed E-state index contributed by atoms with van der Waals surface area (Å²) in [5, 5.41) is 11.2. The van der Waals surface area contributed by atoms with Crippen LogP contribution in [0.4, 0.5) is 13.2 Å². The van der Waals surface area contributed by atoms with Crippen molar-refractivity contribution in [2.75, 3.05) is 0 Å². The van der Waals surface area contributed by atoms with E-state index in [0.29, 0.717) is 5.56 Å². The van der Waals surface area contributed by atoms with Gasteiger partial charge in [-0.3, -0.25) is 0 Å². The van der Waals surface area contributed by atoms with Crippen LogP contribution in [0.15, 0.2) is 88.7 Å². The predicted octanol–water partition coefficient (Wildman–Crippen LogP) is 5.46. The Labute approximate surface area is 208 Å². The van der Waals surface area contributed by atoms with Crippen molar-refractivity contribution in [1.29, 1.82) is 0 Å². The summed E-state index contributed by atoms with van der Waals surface area (Å²) in [7, 11) is -4.12. The van der Waals surface area contributed by atoms with Gasteiger partial charge in [-0.25, -0.2) is 9.10 Å². The minimum absolute atomic E-state index is 0.00799. The largest absolute Gasteiger partial charge is 0.478 e. The quantitative estimate of drug-likeness (QED) is 0.265. The maximum Gasteiger partial charge on any atom is 0.416 e. The van der Waals surface area contributed by atoms with Gasteiger partial charge in [0.25, 0.3) is 10.0 Å². The van der Waals surface area contributed by atoms with Gasteiger partial charge in [0.15, 0.2) is 0 Å². The van der Waals surface area contributed by atoms with Crippen LogP contribution in [-0.4, -0.2) is 28.4 Å². The monoisotopic (exact) mass is 530 g/mol. The number of carbonyl (C=O) groups is 1. The van der Waals surface area contributed by atoms with Crippen LogP contribution in [0.1, 0.15) is 27.0 Å². The molecule has 36 heavy (non-hydrogen) atoms. The number of sulfonamides is 1. The van der Waals surface area contributed by atoms with Gasteiger partial charge in [0, 0.05) is 18.4 Å². The Balaban J connectivity index is 1.79. The molecule has 6 nitrogen and oxygen atoms in total. The molecule has 0 aliphatic carbocycles. The second-order valence-electron chi connectivity index (χ2n) is 7.47. The molecule has 2 aromatic carbocycles. The molecule has 0 amide bonds. The molecule has 11 heteroatoms. The van der Waals surface area contributed by atoms with E-state index in [1.54, 1.807) is 46.6 Å². The first-order chi connectivity index (χ1) is 17.1. The van der Waals surface area contributed by atoms with Crippen LogP contribution < -0.4 is 0 Å². The third-order valence-corrected chi connectivity index (χ3v) is 8.12. The minimum atomic E-state index is -4.52. The molecule has 2 heterocycles. The summed E-state index contributed by atoms with van der Waals surface area (Å²) in [6.45, 7) is -0.317. The summed E-state index contributed by atoms with van der Waals surface area (Å²) in [5.74, 6) is 1.57. The van der Waals surface area contributed by atoms with Crippen molar-refractivity contribution in [3.05, 3.63) is 107 Å². The first-order valence-corrected chi connectivity index (χ1v) is 12.6. The number of carboxylic acids is 1. The maximum atomic E-state index is 13.3. The normalized spacial score (nSPS) is 11.5. The molecular weight excluding hydrogens is 513 g/mol. The van der Waals surface area contributed by atoms with Gasteiger partial charge in [0.05, 0.1) is 28.9 Å². The van der Waals surface area contributed by atoms with E-state index in [1.165, 1.54) is 30.3 Å². The van der Waals surface area contributed by atoms with Crippen LogP contribution >= 0.6 is 11.3 Å². The van der Waals surface area contributed by atoms with Crippen LogP contribution in [0, 0.1) is 12.0 Å². The summed E-state index contributed by atoms with van der Waals surface area (Å²) < 4.78 is 67.8. The molecule has 0 bridgehead atoms. The van der Waals surface area contributed by atoms with Crippen molar-refractivity contribution >= 4 is 27.3 Å². The second-order valence-corrected chi connectivity index (χ2v) is 10.5. The zero-order valence-electron chi connectivity index (χ0n) is 18.3. The summed E-state index contributed by atoms with van der Waals surface area (Å²) in [4.78, 5) is 11.8. The molecule has 0 spiro atoms. The van der Waals surface area contributed by atoms with E-state index >= 15 is 0 Å². The van der Waals surface area contributed by atoms with E-state index < -0.39 is 27.7 Å². The number of carboxylic acid groups (broad SMARTS) is 1. The van der Waals surface area contributed by atoms with E-state index in [4.69, 9.17) is 0 Å². The fourth-order valence-corrected chi connectivity index (χ4v) is 5.69. The van der Waals surface area contributed by atoms with Crippen molar-refractivity contribution in [2.24, 2.45) is 0 Å². The molecule has 0 aliphatic heterocycles. The molecule has 0 saturated carbocycles. The highest BCUT2D eigenvalue weighted by molar-refractivity contribution is 7.91. The third kappa shape index (κ3) is 5.30. The molecule has 0 saturated heterocycles. The number of thiophene rings is 1. The summed E-state index contributed by atoms with van der Waals surface area (Å²) >= 11 is 0.976. The van der Waals surface area contributed by atoms with Crippen molar-refractivity contribution in [3.63, 3.8) is 0 Å². The highest BCUT2D eigenvalue weighted by atomic mass is 32.2. The average Bonchev–Trinajstić information content (AvgIpc) is 3.56.